The van der Waals surface area contributed by atoms with Crippen LogP contribution in [0.4, 0.5) is 0 Å². The lowest BCUT2D eigenvalue weighted by Gasteiger charge is -2.20. The lowest BCUT2D eigenvalue weighted by atomic mass is 10.2. The molecule has 5 nitrogen and oxygen atoms in total. The van der Waals surface area contributed by atoms with Gasteiger partial charge in [0.1, 0.15) is 0 Å². The molecule has 21 heavy (non-hydrogen) atoms. The van der Waals surface area contributed by atoms with Crippen LogP contribution in [0.1, 0.15) is 25.7 Å². The fourth-order valence-corrected chi connectivity index (χ4v) is 2.58. The number of halogens is 2. The van der Waals surface area contributed by atoms with Gasteiger partial charge in [0.05, 0.1) is 16.6 Å². The minimum atomic E-state index is -0.284. The van der Waals surface area contributed by atoms with Crippen LogP contribution in [0.25, 0.3) is 11.5 Å². The monoisotopic (exact) mass is 372 g/mol. The molecule has 2 N–H and O–H groups in total. The summed E-state index contributed by atoms with van der Waals surface area (Å²) in [7, 11) is 0. The van der Waals surface area contributed by atoms with Gasteiger partial charge in [0.2, 0.25) is 0 Å². The van der Waals surface area contributed by atoms with Crippen molar-refractivity contribution in [1.29, 1.82) is 0 Å². The maximum absolute atomic E-state index is 6.23. The fraction of sp³-hybridized carbons (Fsp3) is 0.429. The van der Waals surface area contributed by atoms with Crippen LogP contribution in [0.2, 0.25) is 5.02 Å². The highest BCUT2D eigenvalue weighted by molar-refractivity contribution is 9.10. The Kier molecular flexibility index (Phi) is 5.75. The number of likely N-dealkylation sites (N-methyl/N-ethyl adjacent to an activating group) is 1. The average Bonchev–Trinajstić information content (AvgIpc) is 2.97. The second kappa shape index (κ2) is 7.35. The Bertz CT molecular complexity index is 600. The molecule has 1 aromatic carbocycles. The van der Waals surface area contributed by atoms with Crippen molar-refractivity contribution in [2.45, 2.75) is 19.9 Å². The van der Waals surface area contributed by atoms with Crippen LogP contribution >= 0.6 is 27.5 Å². The smallest absolute Gasteiger partial charge is 0.259 e. The Morgan fingerprint density at radius 3 is 2.76 bits per heavy atom. The van der Waals surface area contributed by atoms with Crippen LogP contribution in [-0.4, -0.2) is 34.7 Å². The molecule has 2 rings (SSSR count). The Balaban J connectivity index is 2.19. The van der Waals surface area contributed by atoms with Crippen LogP contribution in [0.5, 0.6) is 0 Å². The largest absolute Gasteiger partial charge is 0.334 e. The molecule has 0 aliphatic heterocycles. The van der Waals surface area contributed by atoms with Gasteiger partial charge in [0.25, 0.3) is 5.89 Å². The average molecular weight is 374 g/mol. The van der Waals surface area contributed by atoms with Gasteiger partial charge in [-0.1, -0.05) is 36.7 Å². The number of aromatic nitrogens is 2. The molecule has 0 saturated carbocycles. The van der Waals surface area contributed by atoms with Crippen LogP contribution < -0.4 is 5.73 Å². The van der Waals surface area contributed by atoms with E-state index in [2.05, 4.69) is 44.8 Å². The molecular formula is C14H18BrClN4O. The molecule has 0 aliphatic carbocycles. The van der Waals surface area contributed by atoms with Gasteiger partial charge < -0.3 is 15.2 Å². The van der Waals surface area contributed by atoms with Crippen LogP contribution in [-0.2, 0) is 0 Å². The summed E-state index contributed by atoms with van der Waals surface area (Å²) in [6, 6.07) is 5.27. The molecule has 0 amide bonds. The number of benzene rings is 1. The Morgan fingerprint density at radius 2 is 2.10 bits per heavy atom. The Hall–Kier alpha value is -0.950. The first kappa shape index (κ1) is 16.4. The topological polar surface area (TPSA) is 68.2 Å². The summed E-state index contributed by atoms with van der Waals surface area (Å²) >= 11 is 9.61. The highest BCUT2D eigenvalue weighted by Crippen LogP contribution is 2.32. The van der Waals surface area contributed by atoms with Gasteiger partial charge in [-0.15, -0.1) is 0 Å². The van der Waals surface area contributed by atoms with Gasteiger partial charge in [-0.25, -0.2) is 0 Å². The zero-order chi connectivity index (χ0) is 15.4. The van der Waals surface area contributed by atoms with Gasteiger partial charge in [-0.3, -0.25) is 0 Å². The minimum Gasteiger partial charge on any atom is -0.334 e. The maximum Gasteiger partial charge on any atom is 0.259 e. The molecule has 114 valence electrons. The number of rotatable bonds is 6. The lowest BCUT2D eigenvalue weighted by molar-refractivity contribution is 0.278. The summed E-state index contributed by atoms with van der Waals surface area (Å²) in [5, 5.41) is 4.52. The summed E-state index contributed by atoms with van der Waals surface area (Å²) in [5.41, 5.74) is 6.83. The van der Waals surface area contributed by atoms with E-state index < -0.39 is 0 Å². The van der Waals surface area contributed by atoms with Gasteiger partial charge in [0, 0.05) is 11.0 Å². The van der Waals surface area contributed by atoms with E-state index in [0.717, 1.165) is 17.6 Å². The second-order valence-corrected chi connectivity index (χ2v) is 5.88. The third-order valence-electron chi connectivity index (χ3n) is 3.30. The van der Waals surface area contributed by atoms with Crippen molar-refractivity contribution >= 4 is 27.5 Å². The van der Waals surface area contributed by atoms with E-state index >= 15 is 0 Å². The maximum atomic E-state index is 6.23. The molecule has 0 radical (unpaired) electrons. The normalized spacial score (nSPS) is 12.9. The summed E-state index contributed by atoms with van der Waals surface area (Å²) in [4.78, 5) is 6.58. The highest BCUT2D eigenvalue weighted by atomic mass is 79.9. The fourth-order valence-electron chi connectivity index (χ4n) is 2.01. The predicted molar refractivity (Wildman–Crippen MR) is 87.2 cm³/mol. The van der Waals surface area contributed by atoms with Crippen LogP contribution in [0.15, 0.2) is 27.2 Å². The summed E-state index contributed by atoms with van der Waals surface area (Å²) in [6.07, 6.45) is 0. The van der Waals surface area contributed by atoms with E-state index in [4.69, 9.17) is 21.9 Å². The van der Waals surface area contributed by atoms with Crippen LogP contribution in [0.3, 0.4) is 0 Å². The number of nitrogens with zero attached hydrogens (tertiary/aromatic N) is 3. The van der Waals surface area contributed by atoms with Gasteiger partial charge in [0.15, 0.2) is 5.82 Å². The quantitative estimate of drug-likeness (QED) is 0.839. The van der Waals surface area contributed by atoms with Crippen molar-refractivity contribution in [1.82, 2.24) is 15.0 Å². The summed E-state index contributed by atoms with van der Waals surface area (Å²) in [5.74, 6) is 0.874. The Labute approximate surface area is 137 Å². The van der Waals surface area contributed by atoms with Crippen LogP contribution in [0, 0.1) is 0 Å². The van der Waals surface area contributed by atoms with E-state index in [9.17, 15) is 0 Å². The molecule has 1 aromatic heterocycles. The first-order valence-electron chi connectivity index (χ1n) is 6.82. The second-order valence-electron chi connectivity index (χ2n) is 4.65. The van der Waals surface area contributed by atoms with Gasteiger partial charge >= 0.3 is 0 Å². The molecule has 0 bridgehead atoms. The van der Waals surface area contributed by atoms with Gasteiger partial charge in [-0.05, 0) is 41.2 Å². The first-order valence-corrected chi connectivity index (χ1v) is 7.99. The van der Waals surface area contributed by atoms with Gasteiger partial charge in [-0.2, -0.15) is 4.98 Å². The number of hydrogen-bond acceptors (Lipinski definition) is 5. The van der Waals surface area contributed by atoms with Crippen molar-refractivity contribution < 1.29 is 4.52 Å². The summed E-state index contributed by atoms with van der Waals surface area (Å²) < 4.78 is 6.08. The number of nitrogens with two attached hydrogens (primary N) is 1. The molecule has 1 heterocycles. The highest BCUT2D eigenvalue weighted by Gasteiger charge is 2.19. The van der Waals surface area contributed by atoms with E-state index in [-0.39, 0.29) is 6.04 Å². The van der Waals surface area contributed by atoms with Crippen molar-refractivity contribution in [2.75, 3.05) is 19.6 Å². The zero-order valence-corrected chi connectivity index (χ0v) is 14.4. The predicted octanol–water partition coefficient (Wildman–Crippen LogP) is 3.49. The standard InChI is InChI=1S/C14H18BrClN4O/c1-3-20(4-2)8-11(17)13-18-14(21-19-13)9-6-5-7-10(15)12(9)16/h5-7,11H,3-4,8,17H2,1-2H3. The Morgan fingerprint density at radius 1 is 1.38 bits per heavy atom. The molecule has 7 heteroatoms. The van der Waals surface area contributed by atoms with E-state index in [0.29, 0.717) is 28.8 Å². The minimum absolute atomic E-state index is 0.284. The third kappa shape index (κ3) is 3.83. The molecule has 0 fully saturated rings. The molecule has 1 unspecified atom stereocenters. The molecular weight excluding hydrogens is 356 g/mol. The van der Waals surface area contributed by atoms with E-state index in [1.165, 1.54) is 0 Å². The summed E-state index contributed by atoms with van der Waals surface area (Å²) in [6.45, 7) is 6.76. The van der Waals surface area contributed by atoms with E-state index in [1.807, 2.05) is 18.2 Å². The van der Waals surface area contributed by atoms with Crippen molar-refractivity contribution in [3.8, 4) is 11.5 Å². The van der Waals surface area contributed by atoms with Crippen molar-refractivity contribution in [2.24, 2.45) is 5.73 Å². The lowest BCUT2D eigenvalue weighted by Crippen LogP contribution is -2.32. The molecule has 0 aliphatic rings. The molecule has 0 spiro atoms. The zero-order valence-electron chi connectivity index (χ0n) is 12.0. The first-order chi connectivity index (χ1) is 10.1. The molecule has 1 atom stereocenters. The molecule has 2 aromatic rings. The van der Waals surface area contributed by atoms with Crippen molar-refractivity contribution in [3.05, 3.63) is 33.5 Å². The van der Waals surface area contributed by atoms with Crippen molar-refractivity contribution in [3.63, 3.8) is 0 Å². The molecule has 0 saturated heterocycles. The third-order valence-corrected chi connectivity index (χ3v) is 4.60. The van der Waals surface area contributed by atoms with E-state index in [1.54, 1.807) is 0 Å². The number of hydrogen-bond donors (Lipinski definition) is 1. The SMILES string of the molecule is CCN(CC)CC(N)c1noc(-c2cccc(Br)c2Cl)n1.